The molecule has 1 fully saturated rings. The fourth-order valence-electron chi connectivity index (χ4n) is 3.77. The third-order valence-corrected chi connectivity index (χ3v) is 5.50. The summed E-state index contributed by atoms with van der Waals surface area (Å²) in [5.41, 5.74) is 2.01. The highest BCUT2D eigenvalue weighted by atomic mass is 19.1. The van der Waals surface area contributed by atoms with Crippen LogP contribution in [0, 0.1) is 12.7 Å². The molecule has 0 spiro atoms. The van der Waals surface area contributed by atoms with Crippen LogP contribution in [0.15, 0.2) is 46.9 Å². The summed E-state index contributed by atoms with van der Waals surface area (Å²) in [7, 11) is 1.59. The second kappa shape index (κ2) is 8.18. The molecular formula is C23H23FN2O4. The van der Waals surface area contributed by atoms with Gasteiger partial charge in [-0.1, -0.05) is 12.1 Å². The lowest BCUT2D eigenvalue weighted by molar-refractivity contribution is -0.131. The van der Waals surface area contributed by atoms with Crippen LogP contribution in [-0.2, 0) is 11.2 Å². The first kappa shape index (κ1) is 19.9. The smallest absolute Gasteiger partial charge is 0.290 e. The van der Waals surface area contributed by atoms with Gasteiger partial charge >= 0.3 is 0 Å². The topological polar surface area (TPSA) is 63.0 Å². The highest BCUT2D eigenvalue weighted by Crippen LogP contribution is 2.27. The number of nitrogens with zero attached hydrogens (tertiary/aromatic N) is 2. The van der Waals surface area contributed by atoms with Gasteiger partial charge in [0.25, 0.3) is 5.91 Å². The molecule has 7 heteroatoms. The molecule has 1 aromatic heterocycles. The van der Waals surface area contributed by atoms with Crippen molar-refractivity contribution < 1.29 is 23.1 Å². The number of ether oxygens (including phenoxy) is 1. The number of halogens is 1. The van der Waals surface area contributed by atoms with Crippen molar-refractivity contribution in [2.75, 3.05) is 33.3 Å². The quantitative estimate of drug-likeness (QED) is 0.661. The summed E-state index contributed by atoms with van der Waals surface area (Å²) < 4.78 is 24.4. The normalized spacial score (nSPS) is 14.2. The molecule has 0 atom stereocenters. The number of fused-ring (bicyclic) bond motifs is 1. The molecule has 6 nitrogen and oxygen atoms in total. The Hall–Kier alpha value is -3.35. The van der Waals surface area contributed by atoms with E-state index in [1.54, 1.807) is 23.8 Å². The van der Waals surface area contributed by atoms with Crippen molar-refractivity contribution in [2.24, 2.45) is 0 Å². The Labute approximate surface area is 173 Å². The first-order valence-electron chi connectivity index (χ1n) is 9.85. The van der Waals surface area contributed by atoms with E-state index in [0.717, 1.165) is 11.3 Å². The van der Waals surface area contributed by atoms with E-state index in [1.165, 1.54) is 18.2 Å². The number of piperazine rings is 1. The van der Waals surface area contributed by atoms with Crippen molar-refractivity contribution in [1.29, 1.82) is 0 Å². The SMILES string of the molecule is COc1cccc(CC(=O)N2CCN(C(=O)c3oc4ccc(F)cc4c3C)CC2)c1. The van der Waals surface area contributed by atoms with Crippen LogP contribution in [0.1, 0.15) is 21.7 Å². The van der Waals surface area contributed by atoms with Gasteiger partial charge < -0.3 is 19.0 Å². The Balaban J connectivity index is 1.40. The third-order valence-electron chi connectivity index (χ3n) is 5.50. The molecule has 1 saturated heterocycles. The maximum absolute atomic E-state index is 13.5. The molecule has 1 aliphatic heterocycles. The van der Waals surface area contributed by atoms with Gasteiger partial charge in [-0.25, -0.2) is 4.39 Å². The van der Waals surface area contributed by atoms with Crippen molar-refractivity contribution in [2.45, 2.75) is 13.3 Å². The molecule has 3 aromatic rings. The average Bonchev–Trinajstić information content (AvgIpc) is 3.09. The molecule has 2 amide bonds. The summed E-state index contributed by atoms with van der Waals surface area (Å²) in [4.78, 5) is 29.0. The molecule has 1 aliphatic rings. The third kappa shape index (κ3) is 3.87. The molecule has 0 aliphatic carbocycles. The number of furan rings is 1. The maximum atomic E-state index is 13.5. The van der Waals surface area contributed by atoms with E-state index in [1.807, 2.05) is 24.3 Å². The second-order valence-corrected chi connectivity index (χ2v) is 7.40. The zero-order valence-corrected chi connectivity index (χ0v) is 17.0. The standard InChI is InChI=1S/C23H23FN2O4/c1-15-19-14-17(24)6-7-20(19)30-22(15)23(28)26-10-8-25(9-11-26)21(27)13-16-4-3-5-18(12-16)29-2/h3-7,12,14H,8-11,13H2,1-2H3. The number of carbonyl (C=O) groups excluding carboxylic acids is 2. The maximum Gasteiger partial charge on any atom is 0.290 e. The number of aryl methyl sites for hydroxylation is 1. The van der Waals surface area contributed by atoms with Crippen molar-refractivity contribution in [1.82, 2.24) is 9.80 Å². The molecule has 30 heavy (non-hydrogen) atoms. The molecule has 0 bridgehead atoms. The number of hydrogen-bond acceptors (Lipinski definition) is 4. The number of methoxy groups -OCH3 is 1. The van der Waals surface area contributed by atoms with Crippen LogP contribution in [-0.4, -0.2) is 54.9 Å². The summed E-state index contributed by atoms with van der Waals surface area (Å²) in [5.74, 6) is 0.367. The van der Waals surface area contributed by atoms with Crippen LogP contribution in [0.2, 0.25) is 0 Å². The average molecular weight is 410 g/mol. The van der Waals surface area contributed by atoms with Gasteiger partial charge in [0.2, 0.25) is 5.91 Å². The van der Waals surface area contributed by atoms with E-state index in [0.29, 0.717) is 49.1 Å². The predicted molar refractivity (Wildman–Crippen MR) is 110 cm³/mol. The van der Waals surface area contributed by atoms with Crippen LogP contribution in [0.5, 0.6) is 5.75 Å². The minimum Gasteiger partial charge on any atom is -0.497 e. The van der Waals surface area contributed by atoms with Crippen LogP contribution >= 0.6 is 0 Å². The highest BCUT2D eigenvalue weighted by Gasteiger charge is 2.28. The van der Waals surface area contributed by atoms with Crippen LogP contribution in [0.3, 0.4) is 0 Å². The minimum atomic E-state index is -0.367. The first-order chi connectivity index (χ1) is 14.5. The summed E-state index contributed by atoms with van der Waals surface area (Å²) in [6.45, 7) is 3.53. The van der Waals surface area contributed by atoms with E-state index in [2.05, 4.69) is 0 Å². The number of carbonyl (C=O) groups is 2. The lowest BCUT2D eigenvalue weighted by Crippen LogP contribution is -2.51. The molecule has 4 rings (SSSR count). The Morgan fingerprint density at radius 1 is 1.07 bits per heavy atom. The Kier molecular flexibility index (Phi) is 5.44. The summed E-state index contributed by atoms with van der Waals surface area (Å²) in [6.07, 6.45) is 0.291. The van der Waals surface area contributed by atoms with Crippen molar-refractivity contribution >= 4 is 22.8 Å². The van der Waals surface area contributed by atoms with Gasteiger partial charge in [0.1, 0.15) is 17.1 Å². The lowest BCUT2D eigenvalue weighted by Gasteiger charge is -2.34. The van der Waals surface area contributed by atoms with E-state index in [-0.39, 0.29) is 23.4 Å². The predicted octanol–water partition coefficient (Wildman–Crippen LogP) is 3.42. The first-order valence-corrected chi connectivity index (χ1v) is 9.85. The summed E-state index contributed by atoms with van der Waals surface area (Å²) >= 11 is 0. The number of amides is 2. The lowest BCUT2D eigenvalue weighted by atomic mass is 10.1. The summed E-state index contributed by atoms with van der Waals surface area (Å²) in [6, 6.07) is 11.7. The molecular weight excluding hydrogens is 387 g/mol. The van der Waals surface area contributed by atoms with Gasteiger partial charge in [-0.15, -0.1) is 0 Å². The molecule has 0 unspecified atom stereocenters. The number of benzene rings is 2. The van der Waals surface area contributed by atoms with Gasteiger partial charge in [-0.05, 0) is 42.8 Å². The zero-order chi connectivity index (χ0) is 21.3. The Morgan fingerprint density at radius 3 is 2.53 bits per heavy atom. The van der Waals surface area contributed by atoms with Crippen LogP contribution in [0.4, 0.5) is 4.39 Å². The van der Waals surface area contributed by atoms with Crippen LogP contribution < -0.4 is 4.74 Å². The van der Waals surface area contributed by atoms with E-state index in [4.69, 9.17) is 9.15 Å². The van der Waals surface area contributed by atoms with Gasteiger partial charge in [-0.2, -0.15) is 0 Å². The van der Waals surface area contributed by atoms with Crippen LogP contribution in [0.25, 0.3) is 11.0 Å². The van der Waals surface area contributed by atoms with Gasteiger partial charge in [-0.3, -0.25) is 9.59 Å². The fraction of sp³-hybridized carbons (Fsp3) is 0.304. The van der Waals surface area contributed by atoms with Gasteiger partial charge in [0.15, 0.2) is 5.76 Å². The van der Waals surface area contributed by atoms with Crippen molar-refractivity contribution in [3.8, 4) is 5.75 Å². The number of hydrogen-bond donors (Lipinski definition) is 0. The molecule has 0 N–H and O–H groups in total. The monoisotopic (exact) mass is 410 g/mol. The Morgan fingerprint density at radius 2 is 1.80 bits per heavy atom. The molecule has 156 valence electrons. The van der Waals surface area contributed by atoms with E-state index >= 15 is 0 Å². The van der Waals surface area contributed by atoms with Crippen molar-refractivity contribution in [3.05, 3.63) is 65.2 Å². The second-order valence-electron chi connectivity index (χ2n) is 7.40. The highest BCUT2D eigenvalue weighted by molar-refractivity contribution is 5.99. The largest absolute Gasteiger partial charge is 0.497 e. The van der Waals surface area contributed by atoms with Crippen molar-refractivity contribution in [3.63, 3.8) is 0 Å². The fourth-order valence-corrected chi connectivity index (χ4v) is 3.77. The van der Waals surface area contributed by atoms with E-state index < -0.39 is 0 Å². The molecule has 0 saturated carbocycles. The zero-order valence-electron chi connectivity index (χ0n) is 17.0. The van der Waals surface area contributed by atoms with Gasteiger partial charge in [0, 0.05) is 37.1 Å². The molecule has 2 heterocycles. The molecule has 2 aromatic carbocycles. The Bertz CT molecular complexity index is 1100. The van der Waals surface area contributed by atoms with E-state index in [9.17, 15) is 14.0 Å². The van der Waals surface area contributed by atoms with Gasteiger partial charge in [0.05, 0.1) is 13.5 Å². The minimum absolute atomic E-state index is 0.0192. The number of rotatable bonds is 4. The summed E-state index contributed by atoms with van der Waals surface area (Å²) in [5, 5.41) is 0.602. The molecule has 0 radical (unpaired) electrons.